The molecule has 0 spiro atoms. The third-order valence-electron chi connectivity index (χ3n) is 7.99. The number of ether oxygens (including phenoxy) is 1. The lowest BCUT2D eigenvalue weighted by Crippen LogP contribution is -2.54. The van der Waals surface area contributed by atoms with E-state index >= 15 is 0 Å². The minimum absolute atomic E-state index is 0.0734. The summed E-state index contributed by atoms with van der Waals surface area (Å²) >= 11 is 0. The molecule has 1 aliphatic carbocycles. The van der Waals surface area contributed by atoms with E-state index in [4.69, 9.17) is 4.74 Å². The Kier molecular flexibility index (Phi) is 11.2. The van der Waals surface area contributed by atoms with E-state index in [9.17, 15) is 18.0 Å². The molecular formula is C34H43N3O5S. The van der Waals surface area contributed by atoms with Gasteiger partial charge in [-0.15, -0.1) is 0 Å². The number of carbonyl (C=O) groups is 2. The predicted molar refractivity (Wildman–Crippen MR) is 169 cm³/mol. The topological polar surface area (TPSA) is 96.0 Å². The minimum Gasteiger partial charge on any atom is -0.494 e. The number of amides is 2. The molecule has 0 aliphatic heterocycles. The smallest absolute Gasteiger partial charge is 0.264 e. The number of aryl methyl sites for hydroxylation is 1. The molecule has 0 aromatic heterocycles. The highest BCUT2D eigenvalue weighted by Crippen LogP contribution is 2.27. The van der Waals surface area contributed by atoms with Crippen LogP contribution >= 0.6 is 0 Å². The molecule has 8 nitrogen and oxygen atoms in total. The lowest BCUT2D eigenvalue weighted by molar-refractivity contribution is -0.140. The zero-order chi connectivity index (χ0) is 30.8. The molecule has 4 rings (SSSR count). The summed E-state index contributed by atoms with van der Waals surface area (Å²) in [4.78, 5) is 29.6. The number of carbonyl (C=O) groups excluding carboxylic acids is 2. The summed E-state index contributed by atoms with van der Waals surface area (Å²) in [7, 11) is -4.12. The van der Waals surface area contributed by atoms with Gasteiger partial charge in [0.25, 0.3) is 10.0 Å². The molecule has 1 unspecified atom stereocenters. The Morgan fingerprint density at radius 1 is 0.907 bits per heavy atom. The molecule has 1 saturated carbocycles. The Balaban J connectivity index is 1.70. The molecule has 0 heterocycles. The molecular weight excluding hydrogens is 562 g/mol. The van der Waals surface area contributed by atoms with Gasteiger partial charge in [0.1, 0.15) is 18.3 Å². The van der Waals surface area contributed by atoms with E-state index < -0.39 is 28.5 Å². The maximum atomic E-state index is 14.3. The average molecular weight is 606 g/mol. The van der Waals surface area contributed by atoms with E-state index in [1.165, 1.54) is 18.6 Å². The van der Waals surface area contributed by atoms with Gasteiger partial charge < -0.3 is 15.0 Å². The summed E-state index contributed by atoms with van der Waals surface area (Å²) in [5.41, 5.74) is 2.22. The van der Waals surface area contributed by atoms with E-state index in [-0.39, 0.29) is 23.4 Å². The van der Waals surface area contributed by atoms with Gasteiger partial charge >= 0.3 is 0 Å². The maximum absolute atomic E-state index is 14.3. The summed E-state index contributed by atoms with van der Waals surface area (Å²) in [5.74, 6) is -0.0570. The molecule has 0 bridgehead atoms. The number of anilines is 1. The van der Waals surface area contributed by atoms with Gasteiger partial charge in [-0.3, -0.25) is 13.9 Å². The summed E-state index contributed by atoms with van der Waals surface area (Å²) in [6.07, 6.45) is 5.55. The van der Waals surface area contributed by atoms with Crippen LogP contribution in [0.3, 0.4) is 0 Å². The predicted octanol–water partition coefficient (Wildman–Crippen LogP) is 5.85. The van der Waals surface area contributed by atoms with Crippen molar-refractivity contribution in [2.24, 2.45) is 0 Å². The molecule has 230 valence electrons. The SMILES string of the molecule is CCOc1ccc(N(CC(=O)N(Cc2ccccc2C)C(CC)C(=O)NC2CCCCC2)S(=O)(=O)c2ccccc2)cc1. The van der Waals surface area contributed by atoms with Crippen LogP contribution < -0.4 is 14.4 Å². The van der Waals surface area contributed by atoms with Crippen molar-refractivity contribution in [1.29, 1.82) is 0 Å². The summed E-state index contributed by atoms with van der Waals surface area (Å²) in [6, 6.07) is 21.8. The molecule has 43 heavy (non-hydrogen) atoms. The summed E-state index contributed by atoms with van der Waals surface area (Å²) in [5, 5.41) is 3.19. The quantitative estimate of drug-likeness (QED) is 0.264. The van der Waals surface area contributed by atoms with Gasteiger partial charge in [-0.2, -0.15) is 0 Å². The van der Waals surface area contributed by atoms with Crippen molar-refractivity contribution in [2.75, 3.05) is 17.5 Å². The molecule has 9 heteroatoms. The minimum atomic E-state index is -4.12. The highest BCUT2D eigenvalue weighted by atomic mass is 32.2. The molecule has 3 aromatic rings. The van der Waals surface area contributed by atoms with Crippen LogP contribution in [0.5, 0.6) is 5.75 Å². The molecule has 3 aromatic carbocycles. The number of nitrogens with one attached hydrogen (secondary N) is 1. The van der Waals surface area contributed by atoms with Crippen LogP contribution in [0.1, 0.15) is 63.5 Å². The average Bonchev–Trinajstić information content (AvgIpc) is 3.02. The van der Waals surface area contributed by atoms with E-state index in [1.54, 1.807) is 47.4 Å². The highest BCUT2D eigenvalue weighted by molar-refractivity contribution is 7.92. The second kappa shape index (κ2) is 15.0. The Labute approximate surface area is 256 Å². The van der Waals surface area contributed by atoms with Gasteiger partial charge in [-0.05, 0) is 80.6 Å². The molecule has 1 N–H and O–H groups in total. The number of rotatable bonds is 13. The Hall–Kier alpha value is -3.85. The standard InChI is InChI=1S/C34H43N3O5S/c1-4-32(34(39)35-28-16-8-6-9-17-28)36(24-27-15-13-12-14-26(27)3)33(38)25-37(29-20-22-30(23-21-29)42-5-2)43(40,41)31-18-10-7-11-19-31/h7,10-15,18-23,28,32H,4-6,8-9,16-17,24-25H2,1-3H3,(H,35,39). The first-order chi connectivity index (χ1) is 20.7. The third-order valence-corrected chi connectivity index (χ3v) is 9.77. The fourth-order valence-electron chi connectivity index (χ4n) is 5.56. The van der Waals surface area contributed by atoms with Crippen LogP contribution in [0, 0.1) is 6.92 Å². The first-order valence-corrected chi connectivity index (χ1v) is 16.6. The second-order valence-corrected chi connectivity index (χ2v) is 12.8. The van der Waals surface area contributed by atoms with Crippen molar-refractivity contribution in [2.45, 2.75) is 82.8 Å². The normalized spacial score (nSPS) is 14.5. The lowest BCUT2D eigenvalue weighted by atomic mass is 9.95. The molecule has 0 saturated heterocycles. The summed E-state index contributed by atoms with van der Waals surface area (Å²) in [6.45, 7) is 5.91. The number of sulfonamides is 1. The van der Waals surface area contributed by atoms with Crippen LogP contribution in [0.2, 0.25) is 0 Å². The van der Waals surface area contributed by atoms with Crippen molar-refractivity contribution in [1.82, 2.24) is 10.2 Å². The van der Waals surface area contributed by atoms with Gasteiger partial charge in [0, 0.05) is 12.6 Å². The van der Waals surface area contributed by atoms with Crippen LogP contribution in [0.15, 0.2) is 83.8 Å². The zero-order valence-electron chi connectivity index (χ0n) is 25.4. The molecule has 2 amide bonds. The van der Waals surface area contributed by atoms with Crippen LogP contribution in [0.4, 0.5) is 5.69 Å². The van der Waals surface area contributed by atoms with Crippen LogP contribution in [0.25, 0.3) is 0 Å². The molecule has 1 aliphatic rings. The maximum Gasteiger partial charge on any atom is 0.264 e. The van der Waals surface area contributed by atoms with E-state index in [1.807, 2.05) is 45.0 Å². The van der Waals surface area contributed by atoms with Crippen molar-refractivity contribution in [3.63, 3.8) is 0 Å². The Morgan fingerprint density at radius 2 is 1.56 bits per heavy atom. The van der Waals surface area contributed by atoms with Crippen LogP contribution in [-0.2, 0) is 26.2 Å². The third kappa shape index (κ3) is 8.16. The molecule has 1 atom stereocenters. The monoisotopic (exact) mass is 605 g/mol. The fourth-order valence-corrected chi connectivity index (χ4v) is 6.99. The van der Waals surface area contributed by atoms with Crippen molar-refractivity contribution >= 4 is 27.5 Å². The van der Waals surface area contributed by atoms with Gasteiger partial charge in [0.2, 0.25) is 11.8 Å². The first kappa shape index (κ1) is 32.1. The van der Waals surface area contributed by atoms with E-state index in [2.05, 4.69) is 5.32 Å². The fraction of sp³-hybridized carbons (Fsp3) is 0.412. The lowest BCUT2D eigenvalue weighted by Gasteiger charge is -2.34. The van der Waals surface area contributed by atoms with E-state index in [0.717, 1.165) is 41.1 Å². The highest BCUT2D eigenvalue weighted by Gasteiger charge is 2.34. The number of benzene rings is 3. The Morgan fingerprint density at radius 3 is 2.19 bits per heavy atom. The number of hydrogen-bond acceptors (Lipinski definition) is 5. The zero-order valence-corrected chi connectivity index (χ0v) is 26.2. The van der Waals surface area contributed by atoms with Gasteiger partial charge in [-0.25, -0.2) is 8.42 Å². The second-order valence-electron chi connectivity index (χ2n) is 11.0. The van der Waals surface area contributed by atoms with Crippen molar-refractivity contribution in [3.8, 4) is 5.75 Å². The van der Waals surface area contributed by atoms with Crippen molar-refractivity contribution < 1.29 is 22.7 Å². The molecule has 0 radical (unpaired) electrons. The van der Waals surface area contributed by atoms with Gasteiger partial charge in [-0.1, -0.05) is 68.7 Å². The molecule has 1 fully saturated rings. The van der Waals surface area contributed by atoms with Crippen LogP contribution in [-0.4, -0.2) is 50.4 Å². The van der Waals surface area contributed by atoms with E-state index in [0.29, 0.717) is 24.5 Å². The summed E-state index contributed by atoms with van der Waals surface area (Å²) < 4.78 is 34.7. The van der Waals surface area contributed by atoms with Gasteiger partial charge in [0.15, 0.2) is 0 Å². The van der Waals surface area contributed by atoms with Gasteiger partial charge in [0.05, 0.1) is 17.2 Å². The van der Waals surface area contributed by atoms with Crippen molar-refractivity contribution in [3.05, 3.63) is 90.0 Å². The number of hydrogen-bond donors (Lipinski definition) is 1. The Bertz CT molecular complexity index is 1450. The largest absolute Gasteiger partial charge is 0.494 e. The first-order valence-electron chi connectivity index (χ1n) is 15.2. The number of nitrogens with zero attached hydrogens (tertiary/aromatic N) is 2.